The maximum atomic E-state index is 11.9. The molecule has 8 heteroatoms. The van der Waals surface area contributed by atoms with Gasteiger partial charge < -0.3 is 14.8 Å². The lowest BCUT2D eigenvalue weighted by Gasteiger charge is -2.07. The molecule has 0 atom stereocenters. The van der Waals surface area contributed by atoms with Crippen molar-refractivity contribution in [2.24, 2.45) is 5.10 Å². The van der Waals surface area contributed by atoms with Gasteiger partial charge in [0.25, 0.3) is 0 Å². The second-order valence-electron chi connectivity index (χ2n) is 5.77. The van der Waals surface area contributed by atoms with Crippen molar-refractivity contribution in [3.63, 3.8) is 0 Å². The van der Waals surface area contributed by atoms with Crippen LogP contribution in [0.25, 0.3) is 0 Å². The molecule has 2 N–H and O–H groups in total. The zero-order valence-electron chi connectivity index (χ0n) is 15.7. The molecule has 0 heterocycles. The molecule has 0 aliphatic carbocycles. The summed E-state index contributed by atoms with van der Waals surface area (Å²) in [5.74, 6) is -0.480. The fraction of sp³-hybridized carbons (Fsp3) is 0.250. The van der Waals surface area contributed by atoms with E-state index in [1.807, 2.05) is 0 Å². The second kappa shape index (κ2) is 10.9. The third kappa shape index (κ3) is 6.59. The van der Waals surface area contributed by atoms with Crippen LogP contribution in [0, 0.1) is 0 Å². The minimum atomic E-state index is -0.890. The Labute approximate surface area is 168 Å². The van der Waals surface area contributed by atoms with Crippen LogP contribution in [0.4, 0.5) is 5.69 Å². The van der Waals surface area contributed by atoms with Gasteiger partial charge >= 0.3 is 11.8 Å². The van der Waals surface area contributed by atoms with E-state index < -0.39 is 11.8 Å². The van der Waals surface area contributed by atoms with E-state index in [2.05, 4.69) is 22.8 Å². The summed E-state index contributed by atoms with van der Waals surface area (Å²) >= 11 is 6.01. The molecule has 28 heavy (non-hydrogen) atoms. The fourth-order valence-corrected chi connectivity index (χ4v) is 2.40. The predicted molar refractivity (Wildman–Crippen MR) is 109 cm³/mol. The molecule has 2 amide bonds. The van der Waals surface area contributed by atoms with Gasteiger partial charge in [0.2, 0.25) is 0 Å². The summed E-state index contributed by atoms with van der Waals surface area (Å²) in [4.78, 5) is 23.8. The quantitative estimate of drug-likeness (QED) is 0.305. The monoisotopic (exact) mass is 403 g/mol. The zero-order chi connectivity index (χ0) is 20.4. The fourth-order valence-electron chi connectivity index (χ4n) is 2.14. The van der Waals surface area contributed by atoms with E-state index in [0.29, 0.717) is 34.4 Å². The molecule has 0 saturated heterocycles. The van der Waals surface area contributed by atoms with Crippen molar-refractivity contribution in [3.8, 4) is 11.5 Å². The van der Waals surface area contributed by atoms with Crippen molar-refractivity contribution >= 4 is 35.3 Å². The average molecular weight is 404 g/mol. The van der Waals surface area contributed by atoms with Gasteiger partial charge in [-0.1, -0.05) is 24.9 Å². The van der Waals surface area contributed by atoms with Crippen LogP contribution in [0.5, 0.6) is 11.5 Å². The summed E-state index contributed by atoms with van der Waals surface area (Å²) in [6.45, 7) is 2.73. The van der Waals surface area contributed by atoms with E-state index in [-0.39, 0.29) is 0 Å². The molecular formula is C20H22ClN3O4. The minimum Gasteiger partial charge on any atom is -0.495 e. The lowest BCUT2D eigenvalue weighted by Crippen LogP contribution is -2.32. The van der Waals surface area contributed by atoms with Crippen LogP contribution in [0.3, 0.4) is 0 Å². The van der Waals surface area contributed by atoms with Crippen molar-refractivity contribution in [1.29, 1.82) is 0 Å². The number of nitrogens with zero attached hydrogens (tertiary/aromatic N) is 1. The second-order valence-corrected chi connectivity index (χ2v) is 6.18. The molecule has 0 unspecified atom stereocenters. The highest BCUT2D eigenvalue weighted by atomic mass is 35.5. The van der Waals surface area contributed by atoms with Crippen molar-refractivity contribution in [3.05, 3.63) is 53.1 Å². The Morgan fingerprint density at radius 3 is 2.54 bits per heavy atom. The standard InChI is InChI=1S/C20H22ClN3O4/c1-3-4-11-28-16-8-6-15(7-9-16)23-19(25)20(26)24-22-13-14-5-10-18(27-2)17(21)12-14/h5-10,12-13H,3-4,11H2,1-2H3,(H,23,25)(H,24,26)/b22-13-. The number of hydrogen-bond acceptors (Lipinski definition) is 5. The number of ether oxygens (including phenoxy) is 2. The molecule has 2 rings (SSSR count). The van der Waals surface area contributed by atoms with Crippen LogP contribution in [-0.4, -0.2) is 31.7 Å². The van der Waals surface area contributed by atoms with Gasteiger partial charge in [-0.25, -0.2) is 5.43 Å². The minimum absolute atomic E-state index is 0.414. The number of carbonyl (C=O) groups excluding carboxylic acids is 2. The van der Waals surface area contributed by atoms with E-state index in [1.54, 1.807) is 42.5 Å². The Morgan fingerprint density at radius 2 is 1.89 bits per heavy atom. The molecule has 0 aliphatic heterocycles. The van der Waals surface area contributed by atoms with Gasteiger partial charge in [-0.2, -0.15) is 5.10 Å². The third-order valence-electron chi connectivity index (χ3n) is 3.64. The van der Waals surface area contributed by atoms with E-state index >= 15 is 0 Å². The highest BCUT2D eigenvalue weighted by Crippen LogP contribution is 2.24. The zero-order valence-corrected chi connectivity index (χ0v) is 16.5. The summed E-state index contributed by atoms with van der Waals surface area (Å²) in [5.41, 5.74) is 3.29. The van der Waals surface area contributed by atoms with Gasteiger partial charge in [-0.05, 0) is 54.4 Å². The lowest BCUT2D eigenvalue weighted by molar-refractivity contribution is -0.136. The van der Waals surface area contributed by atoms with Crippen LogP contribution in [0.15, 0.2) is 47.6 Å². The maximum absolute atomic E-state index is 11.9. The highest BCUT2D eigenvalue weighted by molar-refractivity contribution is 6.39. The number of benzene rings is 2. The van der Waals surface area contributed by atoms with Crippen molar-refractivity contribution in [2.45, 2.75) is 19.8 Å². The molecule has 0 fully saturated rings. The summed E-state index contributed by atoms with van der Waals surface area (Å²) in [5, 5.41) is 6.66. The first-order valence-corrected chi connectivity index (χ1v) is 9.12. The van der Waals surface area contributed by atoms with Gasteiger partial charge in [0.15, 0.2) is 0 Å². The van der Waals surface area contributed by atoms with Crippen LogP contribution < -0.4 is 20.2 Å². The van der Waals surface area contributed by atoms with Crippen molar-refractivity contribution in [2.75, 3.05) is 19.0 Å². The Hall–Kier alpha value is -3.06. The van der Waals surface area contributed by atoms with Crippen LogP contribution >= 0.6 is 11.6 Å². The highest BCUT2D eigenvalue weighted by Gasteiger charge is 2.12. The smallest absolute Gasteiger partial charge is 0.329 e. The summed E-state index contributed by atoms with van der Waals surface area (Å²) in [6, 6.07) is 11.8. The van der Waals surface area contributed by atoms with Crippen LogP contribution in [0.2, 0.25) is 5.02 Å². The summed E-state index contributed by atoms with van der Waals surface area (Å²) in [6.07, 6.45) is 3.40. The number of rotatable bonds is 8. The molecule has 2 aromatic carbocycles. The van der Waals surface area contributed by atoms with Gasteiger partial charge in [-0.15, -0.1) is 0 Å². The largest absolute Gasteiger partial charge is 0.495 e. The molecule has 0 saturated carbocycles. The van der Waals surface area contributed by atoms with E-state index in [9.17, 15) is 9.59 Å². The number of nitrogens with one attached hydrogen (secondary N) is 2. The first-order chi connectivity index (χ1) is 13.5. The molecule has 0 aliphatic rings. The molecule has 148 valence electrons. The molecule has 7 nitrogen and oxygen atoms in total. The first-order valence-electron chi connectivity index (χ1n) is 8.74. The number of unbranched alkanes of at least 4 members (excludes halogenated alkanes) is 1. The number of anilines is 1. The van der Waals surface area contributed by atoms with E-state index in [4.69, 9.17) is 21.1 Å². The number of carbonyl (C=O) groups is 2. The third-order valence-corrected chi connectivity index (χ3v) is 3.94. The molecule has 0 bridgehead atoms. The summed E-state index contributed by atoms with van der Waals surface area (Å²) < 4.78 is 10.6. The van der Waals surface area contributed by atoms with Gasteiger partial charge in [0.05, 0.1) is 25.0 Å². The maximum Gasteiger partial charge on any atom is 0.329 e. The van der Waals surface area contributed by atoms with Crippen molar-refractivity contribution in [1.82, 2.24) is 5.43 Å². The van der Waals surface area contributed by atoms with Gasteiger partial charge in [0, 0.05) is 5.69 Å². The molecular weight excluding hydrogens is 382 g/mol. The van der Waals surface area contributed by atoms with E-state index in [0.717, 1.165) is 12.8 Å². The summed E-state index contributed by atoms with van der Waals surface area (Å²) in [7, 11) is 1.51. The number of methoxy groups -OCH3 is 1. The number of hydrazone groups is 1. The van der Waals surface area contributed by atoms with Gasteiger partial charge in [0.1, 0.15) is 11.5 Å². The Morgan fingerprint density at radius 1 is 1.14 bits per heavy atom. The molecule has 0 aromatic heterocycles. The molecule has 0 spiro atoms. The molecule has 2 aromatic rings. The predicted octanol–water partition coefficient (Wildman–Crippen LogP) is 3.62. The topological polar surface area (TPSA) is 89.0 Å². The Kier molecular flexibility index (Phi) is 8.30. The SMILES string of the molecule is CCCCOc1ccc(NC(=O)C(=O)N/N=C\c2ccc(OC)c(Cl)c2)cc1. The molecule has 0 radical (unpaired) electrons. The lowest BCUT2D eigenvalue weighted by atomic mass is 10.2. The van der Waals surface area contributed by atoms with Gasteiger partial charge in [-0.3, -0.25) is 9.59 Å². The number of halogens is 1. The van der Waals surface area contributed by atoms with Crippen LogP contribution in [0.1, 0.15) is 25.3 Å². The van der Waals surface area contributed by atoms with Crippen molar-refractivity contribution < 1.29 is 19.1 Å². The Balaban J connectivity index is 1.83. The number of amides is 2. The average Bonchev–Trinajstić information content (AvgIpc) is 2.69. The normalized spacial score (nSPS) is 10.5. The number of hydrogen-bond donors (Lipinski definition) is 2. The van der Waals surface area contributed by atoms with E-state index in [1.165, 1.54) is 13.3 Å². The first kappa shape index (κ1) is 21.2. The Bertz CT molecular complexity index is 838. The van der Waals surface area contributed by atoms with Crippen LogP contribution in [-0.2, 0) is 9.59 Å².